The van der Waals surface area contributed by atoms with E-state index in [1.807, 2.05) is 6.07 Å². The third-order valence-corrected chi connectivity index (χ3v) is 13.0. The van der Waals surface area contributed by atoms with Crippen LogP contribution in [0, 0.1) is 28.6 Å². The van der Waals surface area contributed by atoms with Crippen LogP contribution in [0.2, 0.25) is 0 Å². The smallest absolute Gasteiger partial charge is 0.221 e. The molecular formula is C32H44N2O8. The first-order valence-electron chi connectivity index (χ1n) is 15.2. The van der Waals surface area contributed by atoms with Gasteiger partial charge in [-0.25, -0.2) is 0 Å². The number of rotatable bonds is 7. The number of nitrogens with zero attached hydrogens (tertiary/aromatic N) is 1. The minimum atomic E-state index is -1.71. The van der Waals surface area contributed by atoms with Crippen molar-refractivity contribution in [2.45, 2.75) is 86.6 Å². The number of carbonyl (C=O) groups excluding carboxylic acids is 2. The van der Waals surface area contributed by atoms with E-state index in [9.17, 15) is 24.9 Å². The molecule has 12 atom stereocenters. The largest absolute Gasteiger partial charge is 0.386 e. The van der Waals surface area contributed by atoms with Crippen LogP contribution in [-0.2, 0) is 19.0 Å². The second-order valence-corrected chi connectivity index (χ2v) is 14.2. The van der Waals surface area contributed by atoms with Crippen LogP contribution >= 0.6 is 0 Å². The topological polar surface area (TPSA) is 138 Å². The summed E-state index contributed by atoms with van der Waals surface area (Å²) < 4.78 is 18.0. The highest BCUT2D eigenvalue weighted by Crippen LogP contribution is 2.81. The summed E-state index contributed by atoms with van der Waals surface area (Å²) >= 11 is 0. The van der Waals surface area contributed by atoms with Crippen molar-refractivity contribution >= 4 is 17.4 Å². The van der Waals surface area contributed by atoms with Crippen LogP contribution < -0.4 is 5.32 Å². The lowest BCUT2D eigenvalue weighted by Gasteiger charge is -2.71. The summed E-state index contributed by atoms with van der Waals surface area (Å²) in [5.74, 6) is -1.16. The third kappa shape index (κ3) is 3.09. The molecule has 10 nitrogen and oxygen atoms in total. The Hall–Kier alpha value is -1.92. The van der Waals surface area contributed by atoms with Gasteiger partial charge in [-0.2, -0.15) is 0 Å². The molecule has 7 rings (SSSR count). The number of piperidine rings is 1. The zero-order chi connectivity index (χ0) is 30.0. The van der Waals surface area contributed by atoms with Gasteiger partial charge in [-0.05, 0) is 56.2 Å². The summed E-state index contributed by atoms with van der Waals surface area (Å²) in [6.45, 7) is 2.11. The predicted octanol–water partition coefficient (Wildman–Crippen LogP) is 1.61. The molecule has 6 fully saturated rings. The summed E-state index contributed by atoms with van der Waals surface area (Å²) in [5, 5.41) is 40.6. The van der Waals surface area contributed by atoms with Crippen molar-refractivity contribution in [3.8, 4) is 0 Å². The molecule has 1 aromatic rings. The standard InChI is InChI=1S/C32H44N2O8/c1-17(35)33-20-9-7-6-8-18(20)21(36)13-28-11-10-24(40-3)31-22(28)12-19(26(31)34(2)16-28)30(38)15-25(41-4)29(37)14-23(31)32(30,39)27(29)42-5/h6-9,19,22-27,37-39H,10-16H2,1-5H3,(H,33,35)/t19?,22-,23+,24?,25?,26-,27?,28?,29-,30?,31?,32+/m1/s1. The van der Waals surface area contributed by atoms with Gasteiger partial charge >= 0.3 is 0 Å². The molecular weight excluding hydrogens is 540 g/mol. The van der Waals surface area contributed by atoms with Crippen LogP contribution in [0.5, 0.6) is 0 Å². The molecule has 6 aliphatic rings. The predicted molar refractivity (Wildman–Crippen MR) is 152 cm³/mol. The SMILES string of the molecule is COC1CCC2(CC(=O)c3ccccc3NC(C)=O)CN(C)[C@@H]3C4C[C@H]2C13[C@@H]1C[C@@]2(O)C(OC)CC4(O)[C@@]1(O)C2OC. The highest BCUT2D eigenvalue weighted by Gasteiger charge is 2.90. The molecule has 4 N–H and O–H groups in total. The molecule has 7 bridgehead atoms. The Bertz CT molecular complexity index is 1320. The number of hydrogen-bond acceptors (Lipinski definition) is 9. The number of likely N-dealkylation sites (tertiary alicyclic amines) is 1. The minimum absolute atomic E-state index is 0.0312. The molecule has 1 amide bonds. The average molecular weight is 585 g/mol. The average Bonchev–Trinajstić information content (AvgIpc) is 3.35. The van der Waals surface area contributed by atoms with Gasteiger partial charge in [0, 0.05) is 76.5 Å². The maximum atomic E-state index is 14.2. The highest BCUT2D eigenvalue weighted by atomic mass is 16.5. The quantitative estimate of drug-likeness (QED) is 0.352. The van der Waals surface area contributed by atoms with Gasteiger partial charge in [0.2, 0.25) is 5.91 Å². The Kier molecular flexibility index (Phi) is 6.22. The van der Waals surface area contributed by atoms with Gasteiger partial charge in [0.1, 0.15) is 22.9 Å². The van der Waals surface area contributed by atoms with Gasteiger partial charge in [-0.1, -0.05) is 12.1 Å². The summed E-state index contributed by atoms with van der Waals surface area (Å²) in [6.07, 6.45) is 0.758. The minimum Gasteiger partial charge on any atom is -0.386 e. The zero-order valence-corrected chi connectivity index (χ0v) is 25.1. The normalized spacial score (nSPS) is 50.0. The fraction of sp³-hybridized carbons (Fsp3) is 0.750. The molecule has 1 saturated heterocycles. The van der Waals surface area contributed by atoms with Crippen LogP contribution in [0.15, 0.2) is 24.3 Å². The van der Waals surface area contributed by atoms with Gasteiger partial charge in [-0.3, -0.25) is 9.59 Å². The number of hydrogen-bond donors (Lipinski definition) is 4. The van der Waals surface area contributed by atoms with Crippen molar-refractivity contribution in [1.29, 1.82) is 0 Å². The second-order valence-electron chi connectivity index (χ2n) is 14.2. The van der Waals surface area contributed by atoms with E-state index in [1.165, 1.54) is 14.0 Å². The van der Waals surface area contributed by atoms with Crippen LogP contribution in [0.25, 0.3) is 0 Å². The number of ketones is 1. The number of amides is 1. The van der Waals surface area contributed by atoms with Crippen LogP contribution in [0.4, 0.5) is 5.69 Å². The van der Waals surface area contributed by atoms with Gasteiger partial charge in [-0.15, -0.1) is 0 Å². The molecule has 10 heteroatoms. The fourth-order valence-corrected chi connectivity index (χ4v) is 12.1. The van der Waals surface area contributed by atoms with Crippen LogP contribution in [0.1, 0.15) is 55.8 Å². The molecule has 1 aromatic carbocycles. The maximum Gasteiger partial charge on any atom is 0.221 e. The molecule has 0 radical (unpaired) electrons. The maximum absolute atomic E-state index is 14.2. The molecule has 5 aliphatic carbocycles. The van der Waals surface area contributed by atoms with E-state index in [0.717, 1.165) is 6.42 Å². The summed E-state index contributed by atoms with van der Waals surface area (Å²) in [4.78, 5) is 28.4. The highest BCUT2D eigenvalue weighted by molar-refractivity contribution is 6.04. The first-order chi connectivity index (χ1) is 19.9. The number of anilines is 1. The molecule has 5 saturated carbocycles. The van der Waals surface area contributed by atoms with E-state index in [0.29, 0.717) is 30.6 Å². The van der Waals surface area contributed by atoms with Crippen molar-refractivity contribution in [3.63, 3.8) is 0 Å². The summed E-state index contributed by atoms with van der Waals surface area (Å²) in [7, 11) is 6.82. The van der Waals surface area contributed by atoms with E-state index >= 15 is 0 Å². The van der Waals surface area contributed by atoms with E-state index < -0.39 is 45.8 Å². The lowest BCUT2D eigenvalue weighted by Crippen LogP contribution is -2.83. The number of ether oxygens (including phenoxy) is 3. The first kappa shape index (κ1) is 28.8. The molecule has 7 unspecified atom stereocenters. The molecule has 1 aliphatic heterocycles. The first-order valence-corrected chi connectivity index (χ1v) is 15.2. The number of nitrogens with one attached hydrogen (secondary N) is 1. The molecule has 42 heavy (non-hydrogen) atoms. The Morgan fingerprint density at radius 1 is 1.02 bits per heavy atom. The van der Waals surface area contributed by atoms with E-state index in [4.69, 9.17) is 14.2 Å². The second kappa shape index (κ2) is 9.06. The number of para-hydroxylation sites is 1. The van der Waals surface area contributed by atoms with E-state index in [2.05, 4.69) is 17.3 Å². The van der Waals surface area contributed by atoms with Crippen molar-refractivity contribution in [3.05, 3.63) is 29.8 Å². The van der Waals surface area contributed by atoms with Crippen molar-refractivity contribution in [2.24, 2.45) is 28.6 Å². The number of aliphatic hydroxyl groups is 3. The number of benzene rings is 1. The molecule has 1 spiro atoms. The van der Waals surface area contributed by atoms with E-state index in [1.54, 1.807) is 32.4 Å². The van der Waals surface area contributed by atoms with Crippen LogP contribution in [-0.4, -0.2) is 108 Å². The Morgan fingerprint density at radius 2 is 1.74 bits per heavy atom. The number of fused-ring (bicyclic) bond motifs is 2. The molecule has 0 aromatic heterocycles. The number of methoxy groups -OCH3 is 3. The number of Topliss-reactive ketones (excluding diaryl/α,β-unsaturated/α-hetero) is 1. The van der Waals surface area contributed by atoms with Crippen molar-refractivity contribution < 1.29 is 39.1 Å². The monoisotopic (exact) mass is 584 g/mol. The summed E-state index contributed by atoms with van der Waals surface area (Å²) in [6, 6.07) is 7.04. The molecule has 1 heterocycles. The Balaban J connectivity index is 1.38. The van der Waals surface area contributed by atoms with Gasteiger partial charge in [0.15, 0.2) is 5.78 Å². The lowest BCUT2D eigenvalue weighted by molar-refractivity contribution is -0.343. The van der Waals surface area contributed by atoms with Gasteiger partial charge < -0.3 is 39.7 Å². The Labute approximate surface area is 246 Å². The van der Waals surface area contributed by atoms with Crippen LogP contribution in [0.3, 0.4) is 0 Å². The van der Waals surface area contributed by atoms with E-state index in [-0.39, 0.29) is 54.9 Å². The zero-order valence-electron chi connectivity index (χ0n) is 25.1. The fourth-order valence-electron chi connectivity index (χ4n) is 12.1. The van der Waals surface area contributed by atoms with Crippen molar-refractivity contribution in [1.82, 2.24) is 4.90 Å². The third-order valence-electron chi connectivity index (χ3n) is 13.0. The van der Waals surface area contributed by atoms with Crippen molar-refractivity contribution in [2.75, 3.05) is 40.2 Å². The Morgan fingerprint density at radius 3 is 2.40 bits per heavy atom. The number of carbonyl (C=O) groups is 2. The van der Waals surface area contributed by atoms with Gasteiger partial charge in [0.05, 0.1) is 17.9 Å². The summed E-state index contributed by atoms with van der Waals surface area (Å²) in [5.41, 5.74) is -4.81. The van der Waals surface area contributed by atoms with Gasteiger partial charge in [0.25, 0.3) is 0 Å². The molecule has 230 valence electrons. The lowest BCUT2D eigenvalue weighted by atomic mass is 9.41.